The zero-order chi connectivity index (χ0) is 33.7. The third-order valence-corrected chi connectivity index (χ3v) is 9.92. The van der Waals surface area contributed by atoms with Crippen molar-refractivity contribution in [3.63, 3.8) is 0 Å². The molecule has 4 aromatic rings. The molecule has 2 aromatic carbocycles. The molecule has 3 unspecified atom stereocenters. The standard InChI is InChI=1S/C35H36F5N7O/c1-3-7-25(37)44-32(40)24-9-8-23-27-31(45-34(46-33(27)43-24)48-17-35-10-5-12-47(35)13-6-11-35)29(39)30(42-23)21-16-19(41)14-18-15-22(36)28(38)20(4-2)26(18)21/h2,14-16,24-25,32,44H,3,5-13,17,41H2,1H3,(H,43,45,46). The van der Waals surface area contributed by atoms with Crippen LogP contribution < -0.4 is 21.1 Å². The van der Waals surface area contributed by atoms with Crippen molar-refractivity contribution in [1.29, 1.82) is 0 Å². The number of aryl methyl sites for hydroxylation is 1. The lowest BCUT2D eigenvalue weighted by Crippen LogP contribution is -2.44. The van der Waals surface area contributed by atoms with Gasteiger partial charge in [-0.1, -0.05) is 19.3 Å². The van der Waals surface area contributed by atoms with Gasteiger partial charge in [0.15, 0.2) is 30.0 Å². The summed E-state index contributed by atoms with van der Waals surface area (Å²) in [6.45, 7) is 4.04. The zero-order valence-electron chi connectivity index (χ0n) is 26.5. The zero-order valence-corrected chi connectivity index (χ0v) is 26.5. The highest BCUT2D eigenvalue weighted by Crippen LogP contribution is 2.42. The second-order valence-electron chi connectivity index (χ2n) is 13.0. The van der Waals surface area contributed by atoms with Crippen LogP contribution in [-0.2, 0) is 6.42 Å². The van der Waals surface area contributed by atoms with Crippen LogP contribution in [0.4, 0.5) is 33.5 Å². The third kappa shape index (κ3) is 5.54. The summed E-state index contributed by atoms with van der Waals surface area (Å²) in [6.07, 6.45) is 7.18. The second-order valence-corrected chi connectivity index (χ2v) is 13.0. The van der Waals surface area contributed by atoms with Crippen molar-refractivity contribution in [3.05, 3.63) is 46.9 Å². The molecular weight excluding hydrogens is 629 g/mol. The predicted octanol–water partition coefficient (Wildman–Crippen LogP) is 6.54. The first-order chi connectivity index (χ1) is 23.1. The summed E-state index contributed by atoms with van der Waals surface area (Å²) in [6, 6.07) is 2.68. The Kier molecular flexibility index (Phi) is 8.49. The van der Waals surface area contributed by atoms with Crippen molar-refractivity contribution < 1.29 is 26.7 Å². The molecule has 2 fully saturated rings. The van der Waals surface area contributed by atoms with E-state index in [1.807, 2.05) is 0 Å². The summed E-state index contributed by atoms with van der Waals surface area (Å²) < 4.78 is 82.5. The fraction of sp³-hybridized carbons (Fsp3) is 0.457. The van der Waals surface area contributed by atoms with Gasteiger partial charge in [-0.15, -0.1) is 6.42 Å². The molecule has 0 aliphatic carbocycles. The number of nitrogens with zero attached hydrogens (tertiary/aromatic N) is 4. The number of halogens is 5. The van der Waals surface area contributed by atoms with Gasteiger partial charge in [0, 0.05) is 16.6 Å². The maximum Gasteiger partial charge on any atom is 0.319 e. The summed E-state index contributed by atoms with van der Waals surface area (Å²) in [5.74, 6) is -1.04. The Morgan fingerprint density at radius 1 is 1.10 bits per heavy atom. The topological polar surface area (TPSA) is 101 Å². The van der Waals surface area contributed by atoms with E-state index in [9.17, 15) is 13.2 Å². The van der Waals surface area contributed by atoms with E-state index in [2.05, 4.69) is 36.4 Å². The highest BCUT2D eigenvalue weighted by Gasteiger charge is 2.45. The van der Waals surface area contributed by atoms with Crippen molar-refractivity contribution in [2.75, 3.05) is 30.7 Å². The number of hydrogen-bond acceptors (Lipinski definition) is 8. The monoisotopic (exact) mass is 665 g/mol. The van der Waals surface area contributed by atoms with Gasteiger partial charge in [0.1, 0.15) is 23.6 Å². The third-order valence-electron chi connectivity index (χ3n) is 9.92. The molecule has 0 saturated carbocycles. The molecule has 48 heavy (non-hydrogen) atoms. The fourth-order valence-corrected chi connectivity index (χ4v) is 7.63. The highest BCUT2D eigenvalue weighted by molar-refractivity contribution is 6.04. The summed E-state index contributed by atoms with van der Waals surface area (Å²) in [4.78, 5) is 16.1. The Labute approximate surface area is 274 Å². The minimum Gasteiger partial charge on any atom is -0.461 e. The van der Waals surface area contributed by atoms with Gasteiger partial charge in [0.2, 0.25) is 0 Å². The lowest BCUT2D eigenvalue weighted by molar-refractivity contribution is 0.108. The summed E-state index contributed by atoms with van der Waals surface area (Å²) in [5, 5.41) is 5.85. The molecule has 3 aliphatic rings. The number of rotatable bonds is 9. The normalized spacial score (nSPS) is 19.9. The molecule has 5 heterocycles. The predicted molar refractivity (Wildman–Crippen MR) is 174 cm³/mol. The molecule has 3 atom stereocenters. The number of terminal acetylenes is 1. The number of nitrogens with one attached hydrogen (secondary N) is 2. The molecule has 252 valence electrons. The Balaban J connectivity index is 1.38. The summed E-state index contributed by atoms with van der Waals surface area (Å²) in [7, 11) is 0. The molecule has 3 aliphatic heterocycles. The SMILES string of the molecule is C#Cc1c(F)c(F)cc2cc(N)cc(-c3nc4c5c(nc(OCC67CCCN6CCC7)nc5c3F)NC(C(F)NC(F)CCC)CC4)c12. The van der Waals surface area contributed by atoms with Crippen LogP contribution in [0.3, 0.4) is 0 Å². The van der Waals surface area contributed by atoms with Crippen LogP contribution in [0.2, 0.25) is 0 Å². The van der Waals surface area contributed by atoms with Crippen LogP contribution in [0.1, 0.15) is 63.1 Å². The van der Waals surface area contributed by atoms with E-state index < -0.39 is 41.6 Å². The Morgan fingerprint density at radius 2 is 1.88 bits per heavy atom. The maximum atomic E-state index is 16.9. The number of pyridine rings is 1. The van der Waals surface area contributed by atoms with E-state index in [-0.39, 0.29) is 81.9 Å². The van der Waals surface area contributed by atoms with Crippen LogP contribution in [0.25, 0.3) is 32.9 Å². The van der Waals surface area contributed by atoms with Gasteiger partial charge in [-0.3, -0.25) is 10.2 Å². The van der Waals surface area contributed by atoms with Gasteiger partial charge < -0.3 is 15.8 Å². The number of benzene rings is 2. The minimum atomic E-state index is -1.81. The molecule has 8 nitrogen and oxygen atoms in total. The Hall–Kier alpha value is -4.28. The quantitative estimate of drug-likeness (QED) is 0.0803. The van der Waals surface area contributed by atoms with Crippen LogP contribution in [-0.4, -0.2) is 63.7 Å². The molecule has 0 spiro atoms. The number of fused-ring (bicyclic) bond motifs is 2. The van der Waals surface area contributed by atoms with E-state index in [1.165, 1.54) is 12.1 Å². The van der Waals surface area contributed by atoms with Crippen molar-refractivity contribution in [3.8, 4) is 29.6 Å². The summed E-state index contributed by atoms with van der Waals surface area (Å²) >= 11 is 0. The van der Waals surface area contributed by atoms with Gasteiger partial charge in [-0.25, -0.2) is 26.9 Å². The van der Waals surface area contributed by atoms with Gasteiger partial charge in [-0.05, 0) is 81.6 Å². The number of alkyl halides is 2. The van der Waals surface area contributed by atoms with E-state index in [4.69, 9.17) is 16.9 Å². The lowest BCUT2D eigenvalue weighted by atomic mass is 9.94. The molecule has 7 rings (SSSR count). The number of hydrogen-bond donors (Lipinski definition) is 3. The molecule has 13 heteroatoms. The van der Waals surface area contributed by atoms with Gasteiger partial charge in [0.05, 0.1) is 28.2 Å². The molecule has 4 N–H and O–H groups in total. The lowest BCUT2D eigenvalue weighted by Gasteiger charge is -2.31. The molecule has 0 bridgehead atoms. The van der Waals surface area contributed by atoms with E-state index in [0.29, 0.717) is 12.1 Å². The Morgan fingerprint density at radius 3 is 2.60 bits per heavy atom. The molecule has 0 amide bonds. The van der Waals surface area contributed by atoms with Crippen LogP contribution in [0, 0.1) is 29.8 Å². The molecule has 0 radical (unpaired) electrons. The first-order valence-corrected chi connectivity index (χ1v) is 16.4. The molecule has 2 aromatic heterocycles. The van der Waals surface area contributed by atoms with Crippen LogP contribution in [0.15, 0.2) is 18.2 Å². The molecular formula is C35H36F5N7O. The second kappa shape index (κ2) is 12.6. The van der Waals surface area contributed by atoms with Crippen molar-refractivity contribution >= 4 is 33.2 Å². The fourth-order valence-electron chi connectivity index (χ4n) is 7.63. The average molecular weight is 666 g/mol. The van der Waals surface area contributed by atoms with E-state index in [0.717, 1.165) is 44.8 Å². The first kappa shape index (κ1) is 32.3. The van der Waals surface area contributed by atoms with Crippen molar-refractivity contribution in [1.82, 2.24) is 25.2 Å². The number of nitrogen functional groups attached to an aromatic ring is 1. The van der Waals surface area contributed by atoms with Gasteiger partial charge in [0.25, 0.3) is 0 Å². The van der Waals surface area contributed by atoms with Gasteiger partial charge in [-0.2, -0.15) is 9.97 Å². The Bertz CT molecular complexity index is 1940. The summed E-state index contributed by atoms with van der Waals surface area (Å²) in [5.41, 5.74) is 5.69. The average Bonchev–Trinajstić information content (AvgIpc) is 3.58. The maximum absolute atomic E-state index is 16.9. The first-order valence-electron chi connectivity index (χ1n) is 16.4. The van der Waals surface area contributed by atoms with Gasteiger partial charge >= 0.3 is 6.01 Å². The molecule has 2 saturated heterocycles. The van der Waals surface area contributed by atoms with Crippen molar-refractivity contribution in [2.45, 2.75) is 82.5 Å². The number of nitrogens with two attached hydrogens (primary N) is 1. The van der Waals surface area contributed by atoms with Crippen LogP contribution in [0.5, 0.6) is 6.01 Å². The number of ether oxygens (including phenoxy) is 1. The van der Waals surface area contributed by atoms with Crippen LogP contribution >= 0.6 is 0 Å². The number of anilines is 2. The van der Waals surface area contributed by atoms with E-state index >= 15 is 8.78 Å². The number of aromatic nitrogens is 3. The van der Waals surface area contributed by atoms with E-state index in [1.54, 1.807) is 6.92 Å². The minimum absolute atomic E-state index is 0.0419. The van der Waals surface area contributed by atoms with Crippen molar-refractivity contribution in [2.24, 2.45) is 0 Å². The largest absolute Gasteiger partial charge is 0.461 e. The highest BCUT2D eigenvalue weighted by atomic mass is 19.2. The smallest absolute Gasteiger partial charge is 0.319 e.